The summed E-state index contributed by atoms with van der Waals surface area (Å²) >= 11 is 0. The lowest BCUT2D eigenvalue weighted by molar-refractivity contribution is -0.133. The molecular weight excluding hydrogens is 566 g/mol. The SMILES string of the molecule is CC(=O)CC[C@H]1CN(c2cc(F)c(N3CCN(C(=O)[C@H](CC#N)NC(=O)c4cn5ccncc5n4)CC3)c(F)c2)C(=O)O1. The van der Waals surface area contributed by atoms with Gasteiger partial charge in [-0.25, -0.2) is 18.6 Å². The second-order valence-corrected chi connectivity index (χ2v) is 10.3. The van der Waals surface area contributed by atoms with Gasteiger partial charge in [0, 0.05) is 63.3 Å². The van der Waals surface area contributed by atoms with Gasteiger partial charge in [-0.05, 0) is 13.3 Å². The maximum atomic E-state index is 15.2. The quantitative estimate of drug-likeness (QED) is 0.392. The summed E-state index contributed by atoms with van der Waals surface area (Å²) in [6.45, 7) is 1.86. The molecule has 43 heavy (non-hydrogen) atoms. The maximum Gasteiger partial charge on any atom is 0.414 e. The van der Waals surface area contributed by atoms with Crippen LogP contribution < -0.4 is 15.1 Å². The zero-order valence-corrected chi connectivity index (χ0v) is 23.2. The molecule has 3 amide bonds. The molecule has 3 aromatic rings. The third-order valence-electron chi connectivity index (χ3n) is 7.31. The molecule has 224 valence electrons. The number of halogens is 2. The summed E-state index contributed by atoms with van der Waals surface area (Å²) < 4.78 is 37.2. The van der Waals surface area contributed by atoms with Crippen LogP contribution in [0.2, 0.25) is 0 Å². The average Bonchev–Trinajstić information content (AvgIpc) is 3.59. The number of ether oxygens (including phenoxy) is 1. The number of hydrogen-bond donors (Lipinski definition) is 1. The van der Waals surface area contributed by atoms with Gasteiger partial charge in [-0.2, -0.15) is 5.26 Å². The number of imidazole rings is 1. The molecule has 0 spiro atoms. The molecule has 2 fully saturated rings. The summed E-state index contributed by atoms with van der Waals surface area (Å²) in [5.41, 5.74) is 0.199. The zero-order chi connectivity index (χ0) is 30.7. The molecular formula is C28H28F2N8O5. The Morgan fingerprint density at radius 2 is 1.91 bits per heavy atom. The van der Waals surface area contributed by atoms with Gasteiger partial charge in [0.2, 0.25) is 5.91 Å². The Labute approximate surface area is 244 Å². The molecule has 4 heterocycles. The van der Waals surface area contributed by atoms with Gasteiger partial charge >= 0.3 is 6.09 Å². The van der Waals surface area contributed by atoms with E-state index in [0.29, 0.717) is 12.1 Å². The van der Waals surface area contributed by atoms with Crippen LogP contribution in [-0.2, 0) is 14.3 Å². The molecule has 15 heteroatoms. The van der Waals surface area contributed by atoms with Crippen LogP contribution in [0.1, 0.15) is 36.7 Å². The predicted molar refractivity (Wildman–Crippen MR) is 147 cm³/mol. The van der Waals surface area contributed by atoms with Gasteiger partial charge in [0.05, 0.1) is 30.9 Å². The van der Waals surface area contributed by atoms with Crippen LogP contribution in [0.25, 0.3) is 5.65 Å². The van der Waals surface area contributed by atoms with Crippen molar-refractivity contribution in [2.75, 3.05) is 42.5 Å². The molecule has 0 saturated carbocycles. The van der Waals surface area contributed by atoms with Crippen molar-refractivity contribution in [3.8, 4) is 6.07 Å². The van der Waals surface area contributed by atoms with Crippen molar-refractivity contribution in [1.82, 2.24) is 24.6 Å². The van der Waals surface area contributed by atoms with Crippen molar-refractivity contribution in [3.63, 3.8) is 0 Å². The number of cyclic esters (lactones) is 1. The molecule has 2 aromatic heterocycles. The number of ketones is 1. The average molecular weight is 595 g/mol. The van der Waals surface area contributed by atoms with Crippen LogP contribution >= 0.6 is 0 Å². The van der Waals surface area contributed by atoms with Crippen LogP contribution in [0.3, 0.4) is 0 Å². The molecule has 2 aliphatic heterocycles. The van der Waals surface area contributed by atoms with E-state index in [2.05, 4.69) is 15.3 Å². The summed E-state index contributed by atoms with van der Waals surface area (Å²) in [5, 5.41) is 11.8. The number of hydrogen-bond acceptors (Lipinski definition) is 9. The Balaban J connectivity index is 1.21. The number of fused-ring (bicyclic) bond motifs is 1. The first kappa shape index (κ1) is 29.4. The first-order valence-electron chi connectivity index (χ1n) is 13.6. The van der Waals surface area contributed by atoms with E-state index in [1.54, 1.807) is 10.6 Å². The monoisotopic (exact) mass is 594 g/mol. The molecule has 2 saturated heterocycles. The van der Waals surface area contributed by atoms with E-state index >= 15 is 8.78 Å². The van der Waals surface area contributed by atoms with Gasteiger partial charge in [-0.15, -0.1) is 0 Å². The number of aromatic nitrogens is 3. The largest absolute Gasteiger partial charge is 0.444 e. The Hall–Kier alpha value is -5.13. The minimum absolute atomic E-state index is 0.000142. The van der Waals surface area contributed by atoms with Crippen LogP contribution in [-0.4, -0.2) is 87.8 Å². The van der Waals surface area contributed by atoms with Crippen molar-refractivity contribution in [3.05, 3.63) is 54.2 Å². The zero-order valence-electron chi connectivity index (χ0n) is 23.2. The predicted octanol–water partition coefficient (Wildman–Crippen LogP) is 2.06. The molecule has 5 rings (SSSR count). The standard InChI is InChI=1S/C28H28F2N8O5/c1-17(39)2-3-19-15-38(28(42)43-19)18-12-20(29)25(21(30)13-18)35-8-10-36(11-9-35)27(41)22(4-5-31)34-26(40)23-16-37-7-6-32-14-24(37)33-23/h6-7,12-14,16,19,22H,2-4,8-11,15H2,1H3,(H,34,40)/t19-,22-/m0/s1. The lowest BCUT2D eigenvalue weighted by Crippen LogP contribution is -2.55. The Kier molecular flexibility index (Phi) is 8.46. The van der Waals surface area contributed by atoms with E-state index in [1.807, 2.05) is 6.07 Å². The minimum Gasteiger partial charge on any atom is -0.444 e. The topological polar surface area (TPSA) is 153 Å². The Morgan fingerprint density at radius 1 is 1.19 bits per heavy atom. The Morgan fingerprint density at radius 3 is 2.56 bits per heavy atom. The third kappa shape index (κ3) is 6.37. The number of benzene rings is 1. The molecule has 1 N–H and O–H groups in total. The number of carbonyl (C=O) groups is 4. The highest BCUT2D eigenvalue weighted by atomic mass is 19.1. The van der Waals surface area contributed by atoms with E-state index < -0.39 is 41.7 Å². The van der Waals surface area contributed by atoms with E-state index in [9.17, 15) is 24.4 Å². The summed E-state index contributed by atoms with van der Waals surface area (Å²) in [6.07, 6.45) is 5.06. The smallest absolute Gasteiger partial charge is 0.414 e. The van der Waals surface area contributed by atoms with Gasteiger partial charge in [0.1, 0.15) is 29.3 Å². The van der Waals surface area contributed by atoms with Gasteiger partial charge < -0.3 is 29.0 Å². The summed E-state index contributed by atoms with van der Waals surface area (Å²) in [4.78, 5) is 61.7. The van der Waals surface area contributed by atoms with Crippen LogP contribution in [0.15, 0.2) is 36.9 Å². The number of amides is 3. The number of piperazine rings is 1. The lowest BCUT2D eigenvalue weighted by atomic mass is 10.1. The summed E-state index contributed by atoms with van der Waals surface area (Å²) in [5.74, 6) is -2.95. The normalized spacial score (nSPS) is 17.5. The molecule has 0 unspecified atom stereocenters. The van der Waals surface area contributed by atoms with Crippen molar-refractivity contribution >= 4 is 40.7 Å². The fraction of sp³-hybridized carbons (Fsp3) is 0.393. The molecule has 1 aromatic carbocycles. The van der Waals surface area contributed by atoms with Gasteiger partial charge in [0.25, 0.3) is 5.91 Å². The van der Waals surface area contributed by atoms with E-state index in [4.69, 9.17) is 4.74 Å². The fourth-order valence-corrected chi connectivity index (χ4v) is 5.10. The highest BCUT2D eigenvalue weighted by molar-refractivity contribution is 5.96. The maximum absolute atomic E-state index is 15.2. The van der Waals surface area contributed by atoms with Crippen molar-refractivity contribution in [2.45, 2.75) is 38.3 Å². The van der Waals surface area contributed by atoms with Crippen LogP contribution in [0.5, 0.6) is 0 Å². The Bertz CT molecular complexity index is 1560. The fourth-order valence-electron chi connectivity index (χ4n) is 5.10. The van der Waals surface area contributed by atoms with Crippen LogP contribution in [0, 0.1) is 23.0 Å². The van der Waals surface area contributed by atoms with Crippen molar-refractivity contribution < 1.29 is 32.7 Å². The number of nitriles is 1. The summed E-state index contributed by atoms with van der Waals surface area (Å²) in [6, 6.07) is 2.88. The van der Waals surface area contributed by atoms with Gasteiger partial charge in [-0.1, -0.05) is 0 Å². The molecule has 2 aliphatic rings. The first-order valence-corrected chi connectivity index (χ1v) is 13.6. The third-order valence-corrected chi connectivity index (χ3v) is 7.31. The van der Waals surface area contributed by atoms with Gasteiger partial charge in [0.15, 0.2) is 17.3 Å². The van der Waals surface area contributed by atoms with E-state index in [0.717, 1.165) is 17.0 Å². The summed E-state index contributed by atoms with van der Waals surface area (Å²) in [7, 11) is 0. The number of rotatable bonds is 9. The molecule has 2 atom stereocenters. The highest BCUT2D eigenvalue weighted by Gasteiger charge is 2.35. The number of carbonyl (C=O) groups excluding carboxylic acids is 4. The molecule has 0 bridgehead atoms. The highest BCUT2D eigenvalue weighted by Crippen LogP contribution is 2.32. The second kappa shape index (κ2) is 12.4. The molecule has 0 radical (unpaired) electrons. The van der Waals surface area contributed by atoms with Crippen molar-refractivity contribution in [1.29, 1.82) is 5.26 Å². The number of anilines is 2. The number of nitrogens with zero attached hydrogens (tertiary/aromatic N) is 7. The lowest BCUT2D eigenvalue weighted by Gasteiger charge is -2.37. The van der Waals surface area contributed by atoms with Gasteiger partial charge in [-0.3, -0.25) is 19.5 Å². The molecule has 13 nitrogen and oxygen atoms in total. The number of Topliss-reactive ketones (excluding diaryl/α,β-unsaturated/α-hetero) is 1. The first-order chi connectivity index (χ1) is 20.6. The molecule has 0 aliphatic carbocycles. The minimum atomic E-state index is -1.14. The van der Waals surface area contributed by atoms with Crippen LogP contribution in [0.4, 0.5) is 25.0 Å². The second-order valence-electron chi connectivity index (χ2n) is 10.3. The van der Waals surface area contributed by atoms with E-state index in [-0.39, 0.29) is 68.4 Å². The van der Waals surface area contributed by atoms with Crippen molar-refractivity contribution in [2.24, 2.45) is 0 Å². The number of nitrogens with one attached hydrogen (secondary N) is 1. The van der Waals surface area contributed by atoms with E-state index in [1.165, 1.54) is 35.3 Å².